The zero-order valence-electron chi connectivity index (χ0n) is 12.2. The maximum atomic E-state index is 12.3. The molecule has 0 spiro atoms. The summed E-state index contributed by atoms with van der Waals surface area (Å²) < 4.78 is 0. The van der Waals surface area contributed by atoms with Gasteiger partial charge in [-0.1, -0.05) is 13.3 Å². The van der Waals surface area contributed by atoms with Gasteiger partial charge in [0.1, 0.15) is 0 Å². The summed E-state index contributed by atoms with van der Waals surface area (Å²) in [7, 11) is 0. The summed E-state index contributed by atoms with van der Waals surface area (Å²) in [5.41, 5.74) is 4.07. The molecule has 5 nitrogen and oxygen atoms in total. The fraction of sp³-hybridized carbons (Fsp3) is 0.375. The molecule has 3 rings (SSSR count). The maximum absolute atomic E-state index is 12.3. The van der Waals surface area contributed by atoms with Gasteiger partial charge in [0, 0.05) is 29.6 Å². The molecule has 1 aliphatic rings. The zero-order chi connectivity index (χ0) is 14.7. The molecular weight excluding hydrogens is 264 g/mol. The van der Waals surface area contributed by atoms with E-state index in [9.17, 15) is 4.79 Å². The van der Waals surface area contributed by atoms with Gasteiger partial charge in [0.2, 0.25) is 0 Å². The highest BCUT2D eigenvalue weighted by atomic mass is 16.1. The minimum Gasteiger partial charge on any atom is -0.385 e. The van der Waals surface area contributed by atoms with Crippen LogP contribution in [0.15, 0.2) is 24.3 Å². The van der Waals surface area contributed by atoms with E-state index in [2.05, 4.69) is 27.8 Å². The number of carbonyl (C=O) groups excluding carboxylic acids is 1. The van der Waals surface area contributed by atoms with E-state index in [1.165, 1.54) is 5.56 Å². The summed E-state index contributed by atoms with van der Waals surface area (Å²) in [6.45, 7) is 3.12. The molecule has 0 aliphatic carbocycles. The Morgan fingerprint density at radius 2 is 2.29 bits per heavy atom. The van der Waals surface area contributed by atoms with Gasteiger partial charge in [-0.3, -0.25) is 9.89 Å². The Labute approximate surface area is 124 Å². The number of aromatic nitrogens is 2. The Balaban J connectivity index is 1.72. The number of nitrogens with zero attached hydrogens (tertiary/aromatic N) is 1. The molecule has 2 heterocycles. The fourth-order valence-corrected chi connectivity index (χ4v) is 2.63. The number of aromatic amines is 1. The van der Waals surface area contributed by atoms with Gasteiger partial charge in [0.15, 0.2) is 5.82 Å². The first-order valence-corrected chi connectivity index (χ1v) is 7.48. The van der Waals surface area contributed by atoms with Crippen molar-refractivity contribution in [2.75, 3.05) is 17.2 Å². The van der Waals surface area contributed by atoms with Gasteiger partial charge in [-0.2, -0.15) is 5.10 Å². The molecule has 110 valence electrons. The van der Waals surface area contributed by atoms with Crippen LogP contribution in [0.1, 0.15) is 41.4 Å². The average Bonchev–Trinajstić information content (AvgIpc) is 2.94. The number of amides is 1. The van der Waals surface area contributed by atoms with Crippen LogP contribution < -0.4 is 10.6 Å². The van der Waals surface area contributed by atoms with Crippen LogP contribution in [0.25, 0.3) is 0 Å². The third kappa shape index (κ3) is 3.07. The molecule has 0 unspecified atom stereocenters. The average molecular weight is 284 g/mol. The van der Waals surface area contributed by atoms with E-state index in [0.717, 1.165) is 43.6 Å². The lowest BCUT2D eigenvalue weighted by atomic mass is 10.0. The SMILES string of the molecule is CCCc1cc(NC(=O)c2ccc3c(c2)CCCN3)n[nH]1. The van der Waals surface area contributed by atoms with Crippen LogP contribution in [0.4, 0.5) is 11.5 Å². The summed E-state index contributed by atoms with van der Waals surface area (Å²) in [4.78, 5) is 12.3. The van der Waals surface area contributed by atoms with Crippen molar-refractivity contribution in [1.82, 2.24) is 10.2 Å². The van der Waals surface area contributed by atoms with Crippen LogP contribution in [-0.4, -0.2) is 22.6 Å². The Morgan fingerprint density at radius 1 is 1.38 bits per heavy atom. The zero-order valence-corrected chi connectivity index (χ0v) is 12.2. The third-order valence-electron chi connectivity index (χ3n) is 3.70. The summed E-state index contributed by atoms with van der Waals surface area (Å²) in [6.07, 6.45) is 4.12. The van der Waals surface area contributed by atoms with Gasteiger partial charge in [-0.25, -0.2) is 0 Å². The number of aryl methyl sites for hydroxylation is 2. The van der Waals surface area contributed by atoms with Gasteiger partial charge in [0.25, 0.3) is 5.91 Å². The lowest BCUT2D eigenvalue weighted by molar-refractivity contribution is 0.102. The Bertz CT molecular complexity index is 647. The number of carbonyl (C=O) groups is 1. The van der Waals surface area contributed by atoms with Crippen molar-refractivity contribution in [2.24, 2.45) is 0 Å². The molecular formula is C16H20N4O. The van der Waals surface area contributed by atoms with Crippen LogP contribution in [0.3, 0.4) is 0 Å². The Hall–Kier alpha value is -2.30. The highest BCUT2D eigenvalue weighted by Gasteiger charge is 2.13. The molecule has 1 aliphatic heterocycles. The summed E-state index contributed by atoms with van der Waals surface area (Å²) in [6, 6.07) is 7.69. The lowest BCUT2D eigenvalue weighted by Gasteiger charge is -2.18. The Kier molecular flexibility index (Phi) is 3.90. The molecule has 1 aromatic carbocycles. The number of H-pyrrole nitrogens is 1. The van der Waals surface area contributed by atoms with Gasteiger partial charge in [0.05, 0.1) is 0 Å². The van der Waals surface area contributed by atoms with Crippen LogP contribution in [-0.2, 0) is 12.8 Å². The molecule has 0 radical (unpaired) electrons. The molecule has 3 N–H and O–H groups in total. The molecule has 1 amide bonds. The Morgan fingerprint density at radius 3 is 3.14 bits per heavy atom. The molecule has 0 bridgehead atoms. The first-order chi connectivity index (χ1) is 10.3. The maximum Gasteiger partial charge on any atom is 0.256 e. The normalized spacial score (nSPS) is 13.4. The molecule has 0 fully saturated rings. The van der Waals surface area contributed by atoms with E-state index in [4.69, 9.17) is 0 Å². The highest BCUT2D eigenvalue weighted by molar-refractivity contribution is 6.04. The first kappa shape index (κ1) is 13.7. The number of hydrogen-bond acceptors (Lipinski definition) is 3. The molecule has 1 aromatic heterocycles. The third-order valence-corrected chi connectivity index (χ3v) is 3.70. The number of hydrogen-bond donors (Lipinski definition) is 3. The van der Waals surface area contributed by atoms with Crippen molar-refractivity contribution >= 4 is 17.4 Å². The van der Waals surface area contributed by atoms with Gasteiger partial charge in [-0.05, 0) is 43.0 Å². The van der Waals surface area contributed by atoms with Crippen molar-refractivity contribution in [1.29, 1.82) is 0 Å². The van der Waals surface area contributed by atoms with Crippen LogP contribution >= 0.6 is 0 Å². The molecule has 0 saturated heterocycles. The van der Waals surface area contributed by atoms with E-state index < -0.39 is 0 Å². The van der Waals surface area contributed by atoms with E-state index in [1.807, 2.05) is 24.3 Å². The minimum absolute atomic E-state index is 0.113. The fourth-order valence-electron chi connectivity index (χ4n) is 2.63. The molecule has 2 aromatic rings. The lowest BCUT2D eigenvalue weighted by Crippen LogP contribution is -2.15. The summed E-state index contributed by atoms with van der Waals surface area (Å²) in [5.74, 6) is 0.470. The predicted molar refractivity (Wildman–Crippen MR) is 83.8 cm³/mol. The standard InChI is InChI=1S/C16H20N4O/c1-2-4-13-10-15(20-19-13)18-16(21)12-6-7-14-11(9-12)5-3-8-17-14/h6-7,9-10,17H,2-5,8H2,1H3,(H2,18,19,20,21). The molecule has 0 atom stereocenters. The van der Waals surface area contributed by atoms with Gasteiger partial charge in [-0.15, -0.1) is 0 Å². The van der Waals surface area contributed by atoms with Crippen molar-refractivity contribution in [3.05, 3.63) is 41.1 Å². The topological polar surface area (TPSA) is 69.8 Å². The van der Waals surface area contributed by atoms with E-state index in [1.54, 1.807) is 0 Å². The van der Waals surface area contributed by atoms with E-state index in [-0.39, 0.29) is 5.91 Å². The largest absolute Gasteiger partial charge is 0.385 e. The van der Waals surface area contributed by atoms with Crippen LogP contribution in [0, 0.1) is 0 Å². The number of fused-ring (bicyclic) bond motifs is 1. The number of rotatable bonds is 4. The minimum atomic E-state index is -0.113. The summed E-state index contributed by atoms with van der Waals surface area (Å²) in [5, 5.41) is 13.2. The second-order valence-electron chi connectivity index (χ2n) is 5.38. The highest BCUT2D eigenvalue weighted by Crippen LogP contribution is 2.23. The van der Waals surface area contributed by atoms with Crippen molar-refractivity contribution in [3.8, 4) is 0 Å². The van der Waals surface area contributed by atoms with E-state index in [0.29, 0.717) is 11.4 Å². The van der Waals surface area contributed by atoms with E-state index >= 15 is 0 Å². The van der Waals surface area contributed by atoms with Crippen LogP contribution in [0.2, 0.25) is 0 Å². The summed E-state index contributed by atoms with van der Waals surface area (Å²) >= 11 is 0. The van der Waals surface area contributed by atoms with Crippen molar-refractivity contribution in [2.45, 2.75) is 32.6 Å². The monoisotopic (exact) mass is 284 g/mol. The molecule has 5 heteroatoms. The number of nitrogens with one attached hydrogen (secondary N) is 3. The number of benzene rings is 1. The molecule has 0 saturated carbocycles. The first-order valence-electron chi connectivity index (χ1n) is 7.48. The smallest absolute Gasteiger partial charge is 0.256 e. The quantitative estimate of drug-likeness (QED) is 0.808. The van der Waals surface area contributed by atoms with Gasteiger partial charge >= 0.3 is 0 Å². The second-order valence-corrected chi connectivity index (χ2v) is 5.38. The van der Waals surface area contributed by atoms with Crippen molar-refractivity contribution in [3.63, 3.8) is 0 Å². The molecule has 21 heavy (non-hydrogen) atoms. The second kappa shape index (κ2) is 5.99. The van der Waals surface area contributed by atoms with Crippen molar-refractivity contribution < 1.29 is 4.79 Å². The predicted octanol–water partition coefficient (Wildman–Crippen LogP) is 2.97. The number of anilines is 2. The van der Waals surface area contributed by atoms with Crippen LogP contribution in [0.5, 0.6) is 0 Å². The van der Waals surface area contributed by atoms with Gasteiger partial charge < -0.3 is 10.6 Å².